The minimum atomic E-state index is 0.467. The molecule has 0 amide bonds. The molecule has 1 unspecified atom stereocenters. The Morgan fingerprint density at radius 3 is 3.07 bits per heavy atom. The van der Waals surface area contributed by atoms with Crippen LogP contribution in [0.15, 0.2) is 30.6 Å². The van der Waals surface area contributed by atoms with Gasteiger partial charge in [0, 0.05) is 17.7 Å². The third kappa shape index (κ3) is 3.58. The minimum Gasteiger partial charge on any atom is -0.619 e. The molecule has 1 aromatic rings. The summed E-state index contributed by atoms with van der Waals surface area (Å²) in [5, 5.41) is 14.1. The predicted molar refractivity (Wildman–Crippen MR) is 57.6 cm³/mol. The van der Waals surface area contributed by atoms with Crippen molar-refractivity contribution in [1.29, 1.82) is 0 Å². The number of aromatic nitrogens is 1. The first kappa shape index (κ1) is 10.7. The van der Waals surface area contributed by atoms with E-state index in [1.807, 2.05) is 19.2 Å². The van der Waals surface area contributed by atoms with Crippen molar-refractivity contribution in [1.82, 2.24) is 5.32 Å². The van der Waals surface area contributed by atoms with Crippen LogP contribution in [-0.4, -0.2) is 13.1 Å². The third-order valence-corrected chi connectivity index (χ3v) is 2.09. The molecule has 0 bridgehead atoms. The van der Waals surface area contributed by atoms with Crippen LogP contribution in [0.1, 0.15) is 18.9 Å². The predicted octanol–water partition coefficient (Wildman–Crippen LogP) is 1.33. The first-order valence-corrected chi connectivity index (χ1v) is 4.75. The van der Waals surface area contributed by atoms with Gasteiger partial charge in [0.05, 0.1) is 0 Å². The van der Waals surface area contributed by atoms with E-state index in [0.29, 0.717) is 6.04 Å². The molecule has 0 aliphatic heterocycles. The molecule has 1 aromatic heterocycles. The average Bonchev–Trinajstić information content (AvgIpc) is 2.17. The molecular weight excluding hydrogens is 176 g/mol. The van der Waals surface area contributed by atoms with Gasteiger partial charge in [-0.05, 0) is 26.5 Å². The Balaban J connectivity index is 2.51. The third-order valence-electron chi connectivity index (χ3n) is 2.09. The van der Waals surface area contributed by atoms with Crippen LogP contribution in [0, 0.1) is 5.21 Å². The summed E-state index contributed by atoms with van der Waals surface area (Å²) in [5.41, 5.74) is 0.936. The summed E-state index contributed by atoms with van der Waals surface area (Å²) < 4.78 is 0.807. The number of hydrogen-bond donors (Lipinski definition) is 1. The highest BCUT2D eigenvalue weighted by Crippen LogP contribution is 2.00. The molecule has 0 saturated heterocycles. The van der Waals surface area contributed by atoms with Gasteiger partial charge in [0.2, 0.25) is 0 Å². The molecule has 76 valence electrons. The highest BCUT2D eigenvalue weighted by molar-refractivity contribution is 5.46. The highest BCUT2D eigenvalue weighted by atomic mass is 16.5. The first-order chi connectivity index (χ1) is 6.72. The molecule has 14 heavy (non-hydrogen) atoms. The number of nitrogens with zero attached hydrogens (tertiary/aromatic N) is 1. The molecule has 0 aromatic carbocycles. The van der Waals surface area contributed by atoms with Crippen molar-refractivity contribution >= 4 is 6.08 Å². The van der Waals surface area contributed by atoms with Gasteiger partial charge < -0.3 is 10.5 Å². The fourth-order valence-electron chi connectivity index (χ4n) is 1.10. The van der Waals surface area contributed by atoms with Gasteiger partial charge in [-0.15, -0.1) is 0 Å². The summed E-state index contributed by atoms with van der Waals surface area (Å²) >= 11 is 0. The molecule has 0 radical (unpaired) electrons. The van der Waals surface area contributed by atoms with Crippen molar-refractivity contribution in [2.24, 2.45) is 0 Å². The molecule has 1 rings (SSSR count). The molecule has 3 nitrogen and oxygen atoms in total. The molecule has 1 atom stereocenters. The lowest BCUT2D eigenvalue weighted by Gasteiger charge is -2.04. The Labute approximate surface area is 84.7 Å². The molecule has 0 spiro atoms. The van der Waals surface area contributed by atoms with Crippen molar-refractivity contribution in [3.8, 4) is 0 Å². The van der Waals surface area contributed by atoms with Gasteiger partial charge >= 0.3 is 0 Å². The standard InChI is InChI=1S/C11H16N2O/c1-10(12-2)5-3-6-11-7-4-8-13(14)9-11/h3-4,6-10,12H,5H2,1-2H3/b6-3+. The number of rotatable bonds is 4. The summed E-state index contributed by atoms with van der Waals surface area (Å²) in [5.74, 6) is 0. The van der Waals surface area contributed by atoms with Gasteiger partial charge in [0.15, 0.2) is 12.4 Å². The lowest BCUT2D eigenvalue weighted by molar-refractivity contribution is -0.605. The molecule has 0 aliphatic carbocycles. The average molecular weight is 192 g/mol. The van der Waals surface area contributed by atoms with Gasteiger partial charge in [-0.2, -0.15) is 4.73 Å². The van der Waals surface area contributed by atoms with Crippen LogP contribution >= 0.6 is 0 Å². The van der Waals surface area contributed by atoms with Gasteiger partial charge in [0.1, 0.15) is 0 Å². The van der Waals surface area contributed by atoms with E-state index < -0.39 is 0 Å². The SMILES string of the molecule is CNC(C)C/C=C/c1ccc[n+]([O-])c1. The zero-order valence-electron chi connectivity index (χ0n) is 8.60. The van der Waals surface area contributed by atoms with E-state index in [2.05, 4.69) is 18.3 Å². The van der Waals surface area contributed by atoms with Crippen molar-refractivity contribution in [3.63, 3.8) is 0 Å². The van der Waals surface area contributed by atoms with Crippen LogP contribution in [-0.2, 0) is 0 Å². The molecule has 0 fully saturated rings. The molecule has 1 heterocycles. The maximum Gasteiger partial charge on any atom is 0.187 e. The van der Waals surface area contributed by atoms with Gasteiger partial charge in [0.25, 0.3) is 0 Å². The van der Waals surface area contributed by atoms with E-state index >= 15 is 0 Å². The van der Waals surface area contributed by atoms with E-state index in [0.717, 1.165) is 16.7 Å². The van der Waals surface area contributed by atoms with Crippen LogP contribution in [0.3, 0.4) is 0 Å². The maximum atomic E-state index is 10.9. The van der Waals surface area contributed by atoms with Gasteiger partial charge in [-0.3, -0.25) is 0 Å². The van der Waals surface area contributed by atoms with Crippen molar-refractivity contribution in [3.05, 3.63) is 41.4 Å². The van der Waals surface area contributed by atoms with E-state index in [-0.39, 0.29) is 0 Å². The van der Waals surface area contributed by atoms with Crippen molar-refractivity contribution in [2.45, 2.75) is 19.4 Å². The molecule has 0 saturated carbocycles. The fraction of sp³-hybridized carbons (Fsp3) is 0.364. The van der Waals surface area contributed by atoms with Crippen molar-refractivity contribution in [2.75, 3.05) is 7.05 Å². The molecule has 3 heteroatoms. The lowest BCUT2D eigenvalue weighted by atomic mass is 10.2. The van der Waals surface area contributed by atoms with E-state index in [1.54, 1.807) is 12.3 Å². The summed E-state index contributed by atoms with van der Waals surface area (Å²) in [4.78, 5) is 0. The Morgan fingerprint density at radius 2 is 2.43 bits per heavy atom. The van der Waals surface area contributed by atoms with Crippen LogP contribution in [0.2, 0.25) is 0 Å². The summed E-state index contributed by atoms with van der Waals surface area (Å²) in [6.07, 6.45) is 8.02. The molecule has 1 N–H and O–H groups in total. The zero-order valence-corrected chi connectivity index (χ0v) is 8.60. The van der Waals surface area contributed by atoms with Crippen LogP contribution in [0.25, 0.3) is 6.08 Å². The normalized spacial score (nSPS) is 13.3. The molecule has 0 aliphatic rings. The Morgan fingerprint density at radius 1 is 1.64 bits per heavy atom. The summed E-state index contributed by atoms with van der Waals surface area (Å²) in [6.45, 7) is 2.11. The maximum absolute atomic E-state index is 10.9. The van der Waals surface area contributed by atoms with Crippen molar-refractivity contribution < 1.29 is 4.73 Å². The second kappa shape index (κ2) is 5.40. The first-order valence-electron chi connectivity index (χ1n) is 4.75. The van der Waals surface area contributed by atoms with E-state index in [1.165, 1.54) is 6.20 Å². The number of hydrogen-bond acceptors (Lipinski definition) is 2. The largest absolute Gasteiger partial charge is 0.619 e. The summed E-state index contributed by atoms with van der Waals surface area (Å²) in [7, 11) is 1.94. The Hall–Kier alpha value is -1.35. The highest BCUT2D eigenvalue weighted by Gasteiger charge is 1.94. The number of pyridine rings is 1. The van der Waals surface area contributed by atoms with E-state index in [9.17, 15) is 5.21 Å². The van der Waals surface area contributed by atoms with Crippen LogP contribution in [0.5, 0.6) is 0 Å². The minimum absolute atomic E-state index is 0.467. The second-order valence-electron chi connectivity index (χ2n) is 3.32. The monoisotopic (exact) mass is 192 g/mol. The summed E-state index contributed by atoms with van der Waals surface area (Å²) in [6, 6.07) is 4.12. The quantitative estimate of drug-likeness (QED) is 0.577. The zero-order chi connectivity index (χ0) is 10.4. The lowest BCUT2D eigenvalue weighted by Crippen LogP contribution is -2.24. The number of nitrogens with one attached hydrogen (secondary N) is 1. The Kier molecular flexibility index (Phi) is 4.13. The van der Waals surface area contributed by atoms with Gasteiger partial charge in [-0.25, -0.2) is 0 Å². The van der Waals surface area contributed by atoms with Crippen LogP contribution in [0.4, 0.5) is 0 Å². The fourth-order valence-corrected chi connectivity index (χ4v) is 1.10. The smallest absolute Gasteiger partial charge is 0.187 e. The van der Waals surface area contributed by atoms with E-state index in [4.69, 9.17) is 0 Å². The topological polar surface area (TPSA) is 39.0 Å². The second-order valence-corrected chi connectivity index (χ2v) is 3.32. The molecular formula is C11H16N2O. The van der Waals surface area contributed by atoms with Crippen LogP contribution < -0.4 is 10.0 Å². The van der Waals surface area contributed by atoms with Gasteiger partial charge in [-0.1, -0.05) is 12.2 Å². The Bertz CT molecular complexity index is 310.